The SMILES string of the molecule is N#Cc1ccc(N(CCN)C2CCCCC2)cc1. The predicted molar refractivity (Wildman–Crippen MR) is 74.4 cm³/mol. The van der Waals surface area contributed by atoms with Crippen molar-refractivity contribution in [3.63, 3.8) is 0 Å². The molecule has 0 aromatic heterocycles. The maximum absolute atomic E-state index is 8.84. The second kappa shape index (κ2) is 6.42. The molecule has 0 spiro atoms. The van der Waals surface area contributed by atoms with Gasteiger partial charge in [0.1, 0.15) is 0 Å². The molecule has 18 heavy (non-hydrogen) atoms. The molecule has 0 heterocycles. The molecule has 1 aromatic carbocycles. The quantitative estimate of drug-likeness (QED) is 0.884. The number of nitrogens with zero attached hydrogens (tertiary/aromatic N) is 2. The monoisotopic (exact) mass is 243 g/mol. The first-order valence-electron chi connectivity index (χ1n) is 6.82. The summed E-state index contributed by atoms with van der Waals surface area (Å²) in [5, 5.41) is 8.84. The van der Waals surface area contributed by atoms with Crippen molar-refractivity contribution in [2.45, 2.75) is 38.1 Å². The van der Waals surface area contributed by atoms with Crippen molar-refractivity contribution in [2.75, 3.05) is 18.0 Å². The van der Waals surface area contributed by atoms with E-state index in [-0.39, 0.29) is 0 Å². The number of rotatable bonds is 4. The Morgan fingerprint density at radius 1 is 1.17 bits per heavy atom. The largest absolute Gasteiger partial charge is 0.367 e. The van der Waals surface area contributed by atoms with E-state index >= 15 is 0 Å². The van der Waals surface area contributed by atoms with E-state index in [4.69, 9.17) is 11.0 Å². The van der Waals surface area contributed by atoms with Crippen LogP contribution in [-0.2, 0) is 0 Å². The number of nitrogens with two attached hydrogens (primary N) is 1. The van der Waals surface area contributed by atoms with E-state index < -0.39 is 0 Å². The van der Waals surface area contributed by atoms with E-state index in [0.717, 1.165) is 12.1 Å². The second-order valence-corrected chi connectivity index (χ2v) is 4.93. The lowest BCUT2D eigenvalue weighted by Crippen LogP contribution is -2.40. The standard InChI is InChI=1S/C15H21N3/c16-10-11-18(14-4-2-1-3-5-14)15-8-6-13(12-17)7-9-15/h6-9,14H,1-5,10-11,16H2. The van der Waals surface area contributed by atoms with Crippen molar-refractivity contribution < 1.29 is 0 Å². The van der Waals surface area contributed by atoms with E-state index in [1.807, 2.05) is 24.3 Å². The third-order valence-electron chi connectivity index (χ3n) is 3.71. The van der Waals surface area contributed by atoms with E-state index in [1.165, 1.54) is 37.8 Å². The van der Waals surface area contributed by atoms with Gasteiger partial charge in [-0.05, 0) is 37.1 Å². The van der Waals surface area contributed by atoms with Crippen molar-refractivity contribution >= 4 is 5.69 Å². The fourth-order valence-electron chi connectivity index (χ4n) is 2.78. The van der Waals surface area contributed by atoms with Crippen molar-refractivity contribution in [2.24, 2.45) is 5.73 Å². The highest BCUT2D eigenvalue weighted by Crippen LogP contribution is 2.27. The minimum absolute atomic E-state index is 0.621. The predicted octanol–water partition coefficient (Wildman–Crippen LogP) is 2.66. The molecule has 0 radical (unpaired) electrons. The van der Waals surface area contributed by atoms with Gasteiger partial charge in [0.2, 0.25) is 0 Å². The lowest BCUT2D eigenvalue weighted by Gasteiger charge is -2.36. The van der Waals surface area contributed by atoms with Crippen LogP contribution in [-0.4, -0.2) is 19.1 Å². The minimum atomic E-state index is 0.621. The Balaban J connectivity index is 2.14. The highest BCUT2D eigenvalue weighted by Gasteiger charge is 2.20. The molecule has 1 aliphatic rings. The van der Waals surface area contributed by atoms with Crippen LogP contribution in [0.2, 0.25) is 0 Å². The highest BCUT2D eigenvalue weighted by molar-refractivity contribution is 5.50. The van der Waals surface area contributed by atoms with E-state index in [9.17, 15) is 0 Å². The molecule has 0 unspecified atom stereocenters. The Labute approximate surface area is 109 Å². The third-order valence-corrected chi connectivity index (χ3v) is 3.71. The van der Waals surface area contributed by atoms with E-state index in [2.05, 4.69) is 11.0 Å². The van der Waals surface area contributed by atoms with Gasteiger partial charge in [0.05, 0.1) is 11.6 Å². The zero-order valence-corrected chi connectivity index (χ0v) is 10.8. The Hall–Kier alpha value is -1.53. The molecule has 2 N–H and O–H groups in total. The Morgan fingerprint density at radius 3 is 2.39 bits per heavy atom. The summed E-state index contributed by atoms with van der Waals surface area (Å²) >= 11 is 0. The van der Waals surface area contributed by atoms with Crippen LogP contribution in [0.15, 0.2) is 24.3 Å². The van der Waals surface area contributed by atoms with E-state index in [0.29, 0.717) is 12.6 Å². The summed E-state index contributed by atoms with van der Waals surface area (Å²) in [5.41, 5.74) is 7.65. The first kappa shape index (κ1) is 12.9. The molecule has 0 bridgehead atoms. The maximum Gasteiger partial charge on any atom is 0.0991 e. The number of hydrogen-bond acceptors (Lipinski definition) is 3. The first-order chi connectivity index (χ1) is 8.85. The molecule has 2 rings (SSSR count). The third kappa shape index (κ3) is 3.02. The van der Waals surface area contributed by atoms with Gasteiger partial charge >= 0.3 is 0 Å². The summed E-state index contributed by atoms with van der Waals surface area (Å²) in [7, 11) is 0. The Bertz CT molecular complexity index is 399. The van der Waals surface area contributed by atoms with Crippen LogP contribution in [0.1, 0.15) is 37.7 Å². The summed E-state index contributed by atoms with van der Waals surface area (Å²) in [6.07, 6.45) is 6.53. The van der Waals surface area contributed by atoms with Crippen LogP contribution >= 0.6 is 0 Å². The maximum atomic E-state index is 8.84. The van der Waals surface area contributed by atoms with Crippen LogP contribution in [0.25, 0.3) is 0 Å². The molecular weight excluding hydrogens is 222 g/mol. The molecular formula is C15H21N3. The van der Waals surface area contributed by atoms with Crippen LogP contribution in [0, 0.1) is 11.3 Å². The molecule has 1 saturated carbocycles. The van der Waals surface area contributed by atoms with Crippen molar-refractivity contribution in [3.8, 4) is 6.07 Å². The molecule has 1 aliphatic carbocycles. The lowest BCUT2D eigenvalue weighted by atomic mass is 9.93. The minimum Gasteiger partial charge on any atom is -0.367 e. The smallest absolute Gasteiger partial charge is 0.0991 e. The van der Waals surface area contributed by atoms with Crippen molar-refractivity contribution in [3.05, 3.63) is 29.8 Å². The van der Waals surface area contributed by atoms with Gasteiger partial charge < -0.3 is 10.6 Å². The normalized spacial score (nSPS) is 16.2. The van der Waals surface area contributed by atoms with Gasteiger partial charge in [-0.1, -0.05) is 19.3 Å². The van der Waals surface area contributed by atoms with Gasteiger partial charge in [0.15, 0.2) is 0 Å². The average molecular weight is 243 g/mol. The van der Waals surface area contributed by atoms with Crippen LogP contribution in [0.4, 0.5) is 5.69 Å². The topological polar surface area (TPSA) is 53.0 Å². The number of hydrogen-bond donors (Lipinski definition) is 1. The number of anilines is 1. The summed E-state index contributed by atoms with van der Waals surface area (Å²) in [5.74, 6) is 0. The molecule has 3 heteroatoms. The Kier molecular flexibility index (Phi) is 4.60. The highest BCUT2D eigenvalue weighted by atomic mass is 15.2. The van der Waals surface area contributed by atoms with Crippen molar-refractivity contribution in [1.82, 2.24) is 0 Å². The average Bonchev–Trinajstić information content (AvgIpc) is 2.46. The zero-order chi connectivity index (χ0) is 12.8. The summed E-state index contributed by atoms with van der Waals surface area (Å²) < 4.78 is 0. The van der Waals surface area contributed by atoms with Gasteiger partial charge in [-0.15, -0.1) is 0 Å². The Morgan fingerprint density at radius 2 is 1.83 bits per heavy atom. The molecule has 3 nitrogen and oxygen atoms in total. The van der Waals surface area contributed by atoms with Crippen LogP contribution < -0.4 is 10.6 Å². The molecule has 0 saturated heterocycles. The summed E-state index contributed by atoms with van der Waals surface area (Å²) in [6, 6.07) is 10.7. The van der Waals surface area contributed by atoms with Crippen molar-refractivity contribution in [1.29, 1.82) is 5.26 Å². The van der Waals surface area contributed by atoms with Gasteiger partial charge in [-0.3, -0.25) is 0 Å². The molecule has 0 atom stereocenters. The number of nitriles is 1. The van der Waals surface area contributed by atoms with Gasteiger partial charge in [0, 0.05) is 24.8 Å². The lowest BCUT2D eigenvalue weighted by molar-refractivity contribution is 0.416. The van der Waals surface area contributed by atoms with Gasteiger partial charge in [-0.25, -0.2) is 0 Å². The summed E-state index contributed by atoms with van der Waals surface area (Å²) in [6.45, 7) is 1.58. The molecule has 0 amide bonds. The van der Waals surface area contributed by atoms with Gasteiger partial charge in [0.25, 0.3) is 0 Å². The zero-order valence-electron chi connectivity index (χ0n) is 10.8. The molecule has 96 valence electrons. The summed E-state index contributed by atoms with van der Waals surface area (Å²) in [4.78, 5) is 2.42. The fourth-order valence-corrected chi connectivity index (χ4v) is 2.78. The molecule has 1 aromatic rings. The van der Waals surface area contributed by atoms with Gasteiger partial charge in [-0.2, -0.15) is 5.26 Å². The fraction of sp³-hybridized carbons (Fsp3) is 0.533. The molecule has 0 aliphatic heterocycles. The van der Waals surface area contributed by atoms with Crippen LogP contribution in [0.3, 0.4) is 0 Å². The first-order valence-corrected chi connectivity index (χ1v) is 6.82. The second-order valence-electron chi connectivity index (χ2n) is 4.93. The van der Waals surface area contributed by atoms with Crippen LogP contribution in [0.5, 0.6) is 0 Å². The number of benzene rings is 1. The molecule has 1 fully saturated rings. The van der Waals surface area contributed by atoms with E-state index in [1.54, 1.807) is 0 Å².